The molecule has 3 nitrogen and oxygen atoms in total. The van der Waals surface area contributed by atoms with E-state index in [4.69, 9.17) is 5.73 Å². The summed E-state index contributed by atoms with van der Waals surface area (Å²) in [5, 5.41) is 4.22. The second kappa shape index (κ2) is 5.21. The Bertz CT molecular complexity index is 688. The van der Waals surface area contributed by atoms with Crippen LogP contribution in [-0.4, -0.2) is 9.78 Å². The zero-order valence-corrected chi connectivity index (χ0v) is 11.4. The molecule has 0 spiro atoms. The van der Waals surface area contributed by atoms with Crippen molar-refractivity contribution < 1.29 is 0 Å². The van der Waals surface area contributed by atoms with E-state index in [1.54, 1.807) is 6.20 Å². The minimum absolute atomic E-state index is 0.280. The summed E-state index contributed by atoms with van der Waals surface area (Å²) in [6, 6.07) is 18.4. The van der Waals surface area contributed by atoms with Gasteiger partial charge in [-0.15, -0.1) is 0 Å². The van der Waals surface area contributed by atoms with E-state index in [1.807, 2.05) is 29.1 Å². The van der Waals surface area contributed by atoms with E-state index < -0.39 is 0 Å². The van der Waals surface area contributed by atoms with Crippen LogP contribution >= 0.6 is 0 Å². The van der Waals surface area contributed by atoms with Gasteiger partial charge in [0, 0.05) is 24.0 Å². The summed E-state index contributed by atoms with van der Waals surface area (Å²) in [6.45, 7) is 2.18. The van der Waals surface area contributed by atoms with E-state index in [2.05, 4.69) is 48.4 Å². The molecule has 0 amide bonds. The van der Waals surface area contributed by atoms with Crippen molar-refractivity contribution in [3.63, 3.8) is 0 Å². The summed E-state index contributed by atoms with van der Waals surface area (Å²) in [7, 11) is 0. The van der Waals surface area contributed by atoms with E-state index in [0.29, 0.717) is 0 Å². The zero-order valence-electron chi connectivity index (χ0n) is 11.4. The van der Waals surface area contributed by atoms with Crippen molar-refractivity contribution in [3.05, 3.63) is 78.1 Å². The van der Waals surface area contributed by atoms with Gasteiger partial charge in [-0.2, -0.15) is 5.10 Å². The minimum Gasteiger partial charge on any atom is -0.398 e. The molecule has 1 unspecified atom stereocenters. The Balaban J connectivity index is 1.96. The number of hydrogen-bond acceptors (Lipinski definition) is 2. The van der Waals surface area contributed by atoms with Crippen LogP contribution in [0.4, 0.5) is 5.69 Å². The van der Waals surface area contributed by atoms with Gasteiger partial charge in [-0.05, 0) is 29.3 Å². The van der Waals surface area contributed by atoms with Crippen molar-refractivity contribution in [1.29, 1.82) is 0 Å². The SMILES string of the molecule is CC(c1ccccc1)c1ccc(-n2cccn2)cc1N. The highest BCUT2D eigenvalue weighted by Crippen LogP contribution is 2.29. The maximum Gasteiger partial charge on any atom is 0.0666 e. The molecule has 2 aromatic carbocycles. The number of aromatic nitrogens is 2. The van der Waals surface area contributed by atoms with Gasteiger partial charge in [0.05, 0.1) is 5.69 Å². The lowest BCUT2D eigenvalue weighted by atomic mass is 9.92. The Morgan fingerprint density at radius 3 is 2.50 bits per heavy atom. The van der Waals surface area contributed by atoms with E-state index in [1.165, 1.54) is 5.56 Å². The predicted molar refractivity (Wildman–Crippen MR) is 81.9 cm³/mol. The maximum atomic E-state index is 6.22. The Kier molecular flexibility index (Phi) is 3.25. The highest BCUT2D eigenvalue weighted by Gasteiger charge is 2.12. The number of nitrogen functional groups attached to an aromatic ring is 1. The van der Waals surface area contributed by atoms with Crippen LogP contribution < -0.4 is 5.73 Å². The van der Waals surface area contributed by atoms with Gasteiger partial charge < -0.3 is 5.73 Å². The normalized spacial score (nSPS) is 12.2. The first-order valence-corrected chi connectivity index (χ1v) is 6.70. The quantitative estimate of drug-likeness (QED) is 0.734. The van der Waals surface area contributed by atoms with Crippen molar-refractivity contribution in [2.45, 2.75) is 12.8 Å². The summed E-state index contributed by atoms with van der Waals surface area (Å²) in [5.74, 6) is 0.280. The van der Waals surface area contributed by atoms with Crippen LogP contribution in [0.3, 0.4) is 0 Å². The van der Waals surface area contributed by atoms with E-state index in [-0.39, 0.29) is 5.92 Å². The molecule has 0 bridgehead atoms. The molecule has 1 aromatic heterocycles. The lowest BCUT2D eigenvalue weighted by Crippen LogP contribution is -2.03. The second-order valence-electron chi connectivity index (χ2n) is 4.90. The summed E-state index contributed by atoms with van der Waals surface area (Å²) in [5.41, 5.74) is 10.4. The van der Waals surface area contributed by atoms with Gasteiger partial charge in [0.2, 0.25) is 0 Å². The smallest absolute Gasteiger partial charge is 0.0666 e. The van der Waals surface area contributed by atoms with Gasteiger partial charge in [-0.25, -0.2) is 4.68 Å². The molecule has 0 radical (unpaired) electrons. The number of rotatable bonds is 3. The molecule has 3 rings (SSSR count). The van der Waals surface area contributed by atoms with Gasteiger partial charge in [0.15, 0.2) is 0 Å². The molecule has 100 valence electrons. The largest absolute Gasteiger partial charge is 0.398 e. The zero-order chi connectivity index (χ0) is 13.9. The minimum atomic E-state index is 0.280. The summed E-state index contributed by atoms with van der Waals surface area (Å²) in [6.07, 6.45) is 3.67. The molecule has 2 N–H and O–H groups in total. The number of anilines is 1. The highest BCUT2D eigenvalue weighted by molar-refractivity contribution is 5.56. The van der Waals surface area contributed by atoms with Gasteiger partial charge in [0.1, 0.15) is 0 Å². The van der Waals surface area contributed by atoms with Crippen LogP contribution in [-0.2, 0) is 0 Å². The predicted octanol–water partition coefficient (Wildman–Crippen LogP) is 3.61. The maximum absolute atomic E-state index is 6.22. The van der Waals surface area contributed by atoms with Crippen LogP contribution in [0, 0.1) is 0 Å². The van der Waals surface area contributed by atoms with Crippen molar-refractivity contribution in [2.24, 2.45) is 0 Å². The van der Waals surface area contributed by atoms with Crippen molar-refractivity contribution in [2.75, 3.05) is 5.73 Å². The third-order valence-electron chi connectivity index (χ3n) is 3.61. The Hall–Kier alpha value is -2.55. The fourth-order valence-corrected chi connectivity index (χ4v) is 2.44. The fraction of sp³-hybridized carbons (Fsp3) is 0.118. The topological polar surface area (TPSA) is 43.8 Å². The Morgan fingerprint density at radius 1 is 1.05 bits per heavy atom. The molecule has 0 aliphatic carbocycles. The Labute approximate surface area is 118 Å². The molecule has 3 aromatic rings. The lowest BCUT2D eigenvalue weighted by Gasteiger charge is -2.16. The Morgan fingerprint density at radius 2 is 1.85 bits per heavy atom. The molecule has 0 aliphatic rings. The van der Waals surface area contributed by atoms with E-state index in [0.717, 1.165) is 16.9 Å². The summed E-state index contributed by atoms with van der Waals surface area (Å²) in [4.78, 5) is 0. The monoisotopic (exact) mass is 263 g/mol. The fourth-order valence-electron chi connectivity index (χ4n) is 2.44. The average molecular weight is 263 g/mol. The molecular formula is C17H17N3. The molecule has 0 saturated carbocycles. The first kappa shape index (κ1) is 12.5. The standard InChI is InChI=1S/C17H17N3/c1-13(14-6-3-2-4-7-14)16-9-8-15(12-17(16)18)20-11-5-10-19-20/h2-13H,18H2,1H3. The molecule has 3 heteroatoms. The van der Waals surface area contributed by atoms with Crippen molar-refractivity contribution in [1.82, 2.24) is 9.78 Å². The number of nitrogens with two attached hydrogens (primary N) is 1. The third-order valence-corrected chi connectivity index (χ3v) is 3.61. The highest BCUT2D eigenvalue weighted by atomic mass is 15.3. The lowest BCUT2D eigenvalue weighted by molar-refractivity contribution is 0.874. The summed E-state index contributed by atoms with van der Waals surface area (Å²) >= 11 is 0. The molecule has 0 fully saturated rings. The first-order valence-electron chi connectivity index (χ1n) is 6.70. The van der Waals surface area contributed by atoms with Gasteiger partial charge in [-0.3, -0.25) is 0 Å². The third kappa shape index (κ3) is 2.30. The molecular weight excluding hydrogens is 246 g/mol. The van der Waals surface area contributed by atoms with Crippen LogP contribution in [0.2, 0.25) is 0 Å². The molecule has 1 atom stereocenters. The van der Waals surface area contributed by atoms with E-state index >= 15 is 0 Å². The van der Waals surface area contributed by atoms with Crippen LogP contribution in [0.1, 0.15) is 24.0 Å². The second-order valence-corrected chi connectivity index (χ2v) is 4.90. The average Bonchev–Trinajstić information content (AvgIpc) is 3.01. The van der Waals surface area contributed by atoms with Gasteiger partial charge in [0.25, 0.3) is 0 Å². The van der Waals surface area contributed by atoms with Gasteiger partial charge in [-0.1, -0.05) is 43.3 Å². The van der Waals surface area contributed by atoms with E-state index in [9.17, 15) is 0 Å². The van der Waals surface area contributed by atoms with Crippen molar-refractivity contribution in [3.8, 4) is 5.69 Å². The first-order chi connectivity index (χ1) is 9.75. The van der Waals surface area contributed by atoms with Crippen LogP contribution in [0.25, 0.3) is 5.69 Å². The number of benzene rings is 2. The number of nitrogens with zero attached hydrogens (tertiary/aromatic N) is 2. The van der Waals surface area contributed by atoms with Crippen LogP contribution in [0.5, 0.6) is 0 Å². The molecule has 0 aliphatic heterocycles. The van der Waals surface area contributed by atoms with Crippen molar-refractivity contribution >= 4 is 5.69 Å². The molecule has 0 saturated heterocycles. The van der Waals surface area contributed by atoms with Crippen LogP contribution in [0.15, 0.2) is 67.0 Å². The van der Waals surface area contributed by atoms with Gasteiger partial charge >= 0.3 is 0 Å². The molecule has 20 heavy (non-hydrogen) atoms. The summed E-state index contributed by atoms with van der Waals surface area (Å²) < 4.78 is 1.81. The number of hydrogen-bond donors (Lipinski definition) is 1. The molecule has 1 heterocycles.